The van der Waals surface area contributed by atoms with E-state index in [9.17, 15) is 13.8 Å². The summed E-state index contributed by atoms with van der Waals surface area (Å²) < 4.78 is 13.8. The average molecular weight is 527 g/mol. The lowest BCUT2D eigenvalue weighted by atomic mass is 9.97. The van der Waals surface area contributed by atoms with E-state index in [1.807, 2.05) is 19.1 Å². The normalized spacial score (nSPS) is 17.9. The van der Waals surface area contributed by atoms with Gasteiger partial charge in [-0.25, -0.2) is 4.21 Å². The molecular formula is C29H42N4O3S. The van der Waals surface area contributed by atoms with E-state index in [1.165, 1.54) is 5.56 Å². The molecule has 0 fully saturated rings. The quantitative estimate of drug-likeness (QED) is 0.492. The average Bonchev–Trinajstić information content (AvgIpc) is 2.87. The Morgan fingerprint density at radius 1 is 1.08 bits per heavy atom. The van der Waals surface area contributed by atoms with E-state index in [-0.39, 0.29) is 23.9 Å². The van der Waals surface area contributed by atoms with Crippen molar-refractivity contribution in [3.05, 3.63) is 64.7 Å². The summed E-state index contributed by atoms with van der Waals surface area (Å²) in [6.07, 6.45) is 6.20. The molecule has 8 heteroatoms. The summed E-state index contributed by atoms with van der Waals surface area (Å²) in [6.45, 7) is 7.06. The highest BCUT2D eigenvalue weighted by Gasteiger charge is 2.20. The second-order valence-corrected chi connectivity index (χ2v) is 11.9. The number of hydrogen-bond acceptors (Lipinski definition) is 4. The Bertz CT molecular complexity index is 1100. The van der Waals surface area contributed by atoms with Crippen LogP contribution in [0, 0.1) is 5.92 Å². The molecule has 3 atom stereocenters. The van der Waals surface area contributed by atoms with Gasteiger partial charge < -0.3 is 16.0 Å². The number of fused-ring (bicyclic) bond motifs is 4. The number of nitrogens with one attached hydrogen (secondary N) is 3. The van der Waals surface area contributed by atoms with Crippen LogP contribution in [0.5, 0.6) is 0 Å². The minimum absolute atomic E-state index is 0.0455. The van der Waals surface area contributed by atoms with Crippen molar-refractivity contribution >= 4 is 28.5 Å². The Labute approximate surface area is 224 Å². The van der Waals surface area contributed by atoms with Crippen LogP contribution in [0.15, 0.2) is 42.5 Å². The molecule has 2 aromatic rings. The Hall–Kier alpha value is -2.71. The van der Waals surface area contributed by atoms with Crippen LogP contribution >= 0.6 is 0 Å². The van der Waals surface area contributed by atoms with Crippen molar-refractivity contribution in [2.45, 2.75) is 65.0 Å². The monoisotopic (exact) mass is 526 g/mol. The maximum absolute atomic E-state index is 13.5. The zero-order valence-electron chi connectivity index (χ0n) is 22.8. The lowest BCUT2D eigenvalue weighted by Gasteiger charge is -2.24. The minimum atomic E-state index is -1.19. The first kappa shape index (κ1) is 28.9. The summed E-state index contributed by atoms with van der Waals surface area (Å²) in [5, 5.41) is 9.48. The van der Waals surface area contributed by atoms with Crippen molar-refractivity contribution in [3.8, 4) is 0 Å². The molecule has 7 nitrogen and oxygen atoms in total. The van der Waals surface area contributed by atoms with Gasteiger partial charge in [0.1, 0.15) is 11.0 Å². The fourth-order valence-corrected chi connectivity index (χ4v) is 4.85. The third-order valence-electron chi connectivity index (χ3n) is 6.73. The molecule has 1 aliphatic rings. The molecule has 0 spiro atoms. The highest BCUT2D eigenvalue weighted by molar-refractivity contribution is 7.85. The molecule has 0 aliphatic carbocycles. The first-order valence-corrected chi connectivity index (χ1v) is 14.7. The maximum atomic E-state index is 13.5. The number of nitrogens with zero attached hydrogens (tertiary/aromatic N) is 1. The molecular weight excluding hydrogens is 484 g/mol. The maximum Gasteiger partial charge on any atom is 0.251 e. The number of rotatable bonds is 8. The summed E-state index contributed by atoms with van der Waals surface area (Å²) >= 11 is 0. The molecule has 37 heavy (non-hydrogen) atoms. The van der Waals surface area contributed by atoms with Crippen LogP contribution in [-0.2, 0) is 35.0 Å². The van der Waals surface area contributed by atoms with Gasteiger partial charge in [0.15, 0.2) is 0 Å². The second kappa shape index (κ2) is 13.7. The van der Waals surface area contributed by atoms with Crippen LogP contribution < -0.4 is 20.3 Å². The van der Waals surface area contributed by atoms with E-state index in [1.54, 1.807) is 23.7 Å². The fourth-order valence-electron chi connectivity index (χ4n) is 4.45. The van der Waals surface area contributed by atoms with Gasteiger partial charge in [0.05, 0.1) is 6.04 Å². The zero-order valence-corrected chi connectivity index (χ0v) is 23.6. The predicted octanol–water partition coefficient (Wildman–Crippen LogP) is 3.39. The molecule has 0 saturated heterocycles. The van der Waals surface area contributed by atoms with E-state index in [4.69, 9.17) is 0 Å². The van der Waals surface area contributed by atoms with Crippen LogP contribution in [-0.4, -0.2) is 54.5 Å². The Morgan fingerprint density at radius 2 is 1.78 bits per heavy atom. The molecule has 0 saturated carbocycles. The van der Waals surface area contributed by atoms with Gasteiger partial charge in [-0.3, -0.25) is 13.9 Å². The number of aryl methyl sites for hydroxylation is 2. The molecule has 3 rings (SSSR count). The lowest BCUT2D eigenvalue weighted by Crippen LogP contribution is -2.50. The Balaban J connectivity index is 1.85. The number of carbonyl (C=O) groups is 2. The van der Waals surface area contributed by atoms with Gasteiger partial charge in [-0.2, -0.15) is 0 Å². The van der Waals surface area contributed by atoms with Gasteiger partial charge in [-0.05, 0) is 79.8 Å². The van der Waals surface area contributed by atoms with Gasteiger partial charge in [0, 0.05) is 43.7 Å². The van der Waals surface area contributed by atoms with E-state index >= 15 is 0 Å². The minimum Gasteiger partial charge on any atom is -0.354 e. The van der Waals surface area contributed by atoms with Gasteiger partial charge in [-0.15, -0.1) is 0 Å². The van der Waals surface area contributed by atoms with Crippen LogP contribution in [0.25, 0.3) is 0 Å². The van der Waals surface area contributed by atoms with Crippen molar-refractivity contribution < 1.29 is 13.8 Å². The SMILES string of the molecule is CC(C)CNC(=O)[C@H](C)NC[C@@H]1Cc2cccc(c2)CCCCc2cc(cc(N(C)S(C)=O)c2)C(=O)N1. The molecule has 1 aliphatic heterocycles. The van der Waals surface area contributed by atoms with Crippen molar-refractivity contribution in [1.29, 1.82) is 0 Å². The second-order valence-electron chi connectivity index (χ2n) is 10.5. The third-order valence-corrected chi connectivity index (χ3v) is 7.71. The number of benzene rings is 2. The highest BCUT2D eigenvalue weighted by atomic mass is 32.2. The lowest BCUT2D eigenvalue weighted by molar-refractivity contribution is -0.122. The van der Waals surface area contributed by atoms with E-state index in [0.717, 1.165) is 42.5 Å². The Morgan fingerprint density at radius 3 is 2.49 bits per heavy atom. The van der Waals surface area contributed by atoms with Gasteiger partial charge >= 0.3 is 0 Å². The molecule has 0 aromatic heterocycles. The molecule has 202 valence electrons. The summed E-state index contributed by atoms with van der Waals surface area (Å²) in [5.74, 6) is 0.165. The first-order chi connectivity index (χ1) is 17.6. The largest absolute Gasteiger partial charge is 0.354 e. The van der Waals surface area contributed by atoms with Crippen LogP contribution in [0.4, 0.5) is 5.69 Å². The van der Waals surface area contributed by atoms with Crippen LogP contribution in [0.3, 0.4) is 0 Å². The summed E-state index contributed by atoms with van der Waals surface area (Å²) in [5.41, 5.74) is 4.85. The molecule has 4 bridgehead atoms. The number of hydrogen-bond donors (Lipinski definition) is 3. The predicted molar refractivity (Wildman–Crippen MR) is 152 cm³/mol. The topological polar surface area (TPSA) is 90.5 Å². The first-order valence-electron chi connectivity index (χ1n) is 13.2. The van der Waals surface area contributed by atoms with Gasteiger partial charge in [0.25, 0.3) is 5.91 Å². The van der Waals surface area contributed by atoms with Crippen molar-refractivity contribution in [2.24, 2.45) is 5.92 Å². The number of amides is 2. The molecule has 1 heterocycles. The molecule has 1 unspecified atom stereocenters. The summed E-state index contributed by atoms with van der Waals surface area (Å²) in [6, 6.07) is 13.8. The molecule has 2 amide bonds. The van der Waals surface area contributed by atoms with Crippen molar-refractivity contribution in [1.82, 2.24) is 16.0 Å². The van der Waals surface area contributed by atoms with Crippen LogP contribution in [0.2, 0.25) is 0 Å². The van der Waals surface area contributed by atoms with Crippen molar-refractivity contribution in [2.75, 3.05) is 30.7 Å². The zero-order chi connectivity index (χ0) is 26.9. The highest BCUT2D eigenvalue weighted by Crippen LogP contribution is 2.22. The van der Waals surface area contributed by atoms with Crippen LogP contribution in [0.1, 0.15) is 60.7 Å². The molecule has 3 N–H and O–H groups in total. The van der Waals surface area contributed by atoms with E-state index < -0.39 is 11.0 Å². The number of anilines is 1. The van der Waals surface area contributed by atoms with Crippen molar-refractivity contribution in [3.63, 3.8) is 0 Å². The summed E-state index contributed by atoms with van der Waals surface area (Å²) in [4.78, 5) is 26.0. The van der Waals surface area contributed by atoms with E-state index in [2.05, 4.69) is 54.1 Å². The third kappa shape index (κ3) is 8.97. The molecule has 2 aromatic carbocycles. The van der Waals surface area contributed by atoms with Gasteiger partial charge in [-0.1, -0.05) is 38.1 Å². The molecule has 0 radical (unpaired) electrons. The summed E-state index contributed by atoms with van der Waals surface area (Å²) in [7, 11) is 0.585. The smallest absolute Gasteiger partial charge is 0.251 e. The van der Waals surface area contributed by atoms with E-state index in [0.29, 0.717) is 31.0 Å². The number of carbonyl (C=O) groups excluding carboxylic acids is 2. The standard InChI is InChI=1S/C29H42N4O3S/c1-20(2)18-31-28(34)21(3)30-19-26-15-23-12-8-11-22(13-23)9-6-7-10-24-14-25(29(35)32-26)17-27(16-24)33(4)37(5)36/h8,11-14,16-17,20-21,26,30H,6-7,9-10,15,18-19H2,1-5H3,(H,31,34)(H,32,35)/t21-,26-,37?/m0/s1. The Kier molecular flexibility index (Phi) is 10.7. The van der Waals surface area contributed by atoms with Gasteiger partial charge in [0.2, 0.25) is 5.91 Å². The fraction of sp³-hybridized carbons (Fsp3) is 0.517.